The van der Waals surface area contributed by atoms with E-state index < -0.39 is 40.1 Å². The van der Waals surface area contributed by atoms with Gasteiger partial charge in [0.25, 0.3) is 0 Å². The summed E-state index contributed by atoms with van der Waals surface area (Å²) >= 11 is 0. The first-order chi connectivity index (χ1) is 19.7. The Morgan fingerprint density at radius 1 is 0.854 bits per heavy atom. The summed E-state index contributed by atoms with van der Waals surface area (Å²) < 4.78 is 72.9. The minimum atomic E-state index is -4.06. The molecule has 2 amide bonds. The van der Waals surface area contributed by atoms with Gasteiger partial charge in [-0.25, -0.2) is 36.1 Å². The molecule has 3 N–H and O–H groups in total. The number of ether oxygens (including phenoxy) is 1. The number of rotatable bonds is 8. The van der Waals surface area contributed by atoms with E-state index in [9.17, 15) is 26.4 Å². The van der Waals surface area contributed by atoms with E-state index in [-0.39, 0.29) is 16.5 Å². The van der Waals surface area contributed by atoms with Crippen LogP contribution in [0.15, 0.2) is 101 Å². The maximum Gasteiger partial charge on any atom is 0.323 e. The minimum Gasteiger partial charge on any atom is -0.475 e. The van der Waals surface area contributed by atoms with Gasteiger partial charge in [-0.1, -0.05) is 30.3 Å². The molecule has 41 heavy (non-hydrogen) atoms. The van der Waals surface area contributed by atoms with Gasteiger partial charge in [-0.2, -0.15) is 0 Å². The van der Waals surface area contributed by atoms with Gasteiger partial charge in [-0.05, 0) is 71.8 Å². The largest absolute Gasteiger partial charge is 0.475 e. The SMILES string of the molecule is O=C(Nc1ccc(C2=N[C@@H](c3ccccc3)CO2)cc1)Nc1ccc(S(=O)(=O)NCc2cc(F)c(F)c(F)c2)cc1. The number of nitrogens with zero attached hydrogens (tertiary/aromatic N) is 1. The number of carbonyl (C=O) groups excluding carboxylic acids is 1. The molecule has 0 aliphatic carbocycles. The highest BCUT2D eigenvalue weighted by molar-refractivity contribution is 7.89. The molecule has 0 saturated heterocycles. The van der Waals surface area contributed by atoms with Crippen molar-refractivity contribution in [1.29, 1.82) is 0 Å². The van der Waals surface area contributed by atoms with Crippen molar-refractivity contribution in [3.8, 4) is 0 Å². The zero-order chi connectivity index (χ0) is 29.0. The van der Waals surface area contributed by atoms with Crippen molar-refractivity contribution in [3.63, 3.8) is 0 Å². The molecular weight excluding hydrogens is 557 g/mol. The standard InChI is InChI=1S/C29H23F3N4O4S/c30-24-14-18(15-25(31)27(24)32)16-33-41(38,39)23-12-10-22(11-13-23)35-29(37)34-21-8-6-20(7-9-21)28-36-26(17-40-28)19-4-2-1-3-5-19/h1-15,26,33H,16-17H2,(H2,34,35,37)/t26-/m1/s1. The lowest BCUT2D eigenvalue weighted by Gasteiger charge is -2.10. The van der Waals surface area contributed by atoms with Gasteiger partial charge in [0.15, 0.2) is 17.5 Å². The third kappa shape index (κ3) is 6.73. The molecule has 5 rings (SSSR count). The summed E-state index contributed by atoms with van der Waals surface area (Å²) in [5.74, 6) is -3.95. The zero-order valence-electron chi connectivity index (χ0n) is 21.3. The first-order valence-corrected chi connectivity index (χ1v) is 13.8. The fraction of sp³-hybridized carbons (Fsp3) is 0.103. The van der Waals surface area contributed by atoms with Crippen LogP contribution in [0.1, 0.15) is 22.7 Å². The van der Waals surface area contributed by atoms with Gasteiger partial charge in [0.05, 0.1) is 4.90 Å². The van der Waals surface area contributed by atoms with Gasteiger partial charge in [-0.15, -0.1) is 0 Å². The molecule has 0 aromatic heterocycles. The number of aliphatic imine (C=N–C) groups is 1. The van der Waals surface area contributed by atoms with Crippen LogP contribution in [0.4, 0.5) is 29.3 Å². The fourth-order valence-corrected chi connectivity index (χ4v) is 5.07. The van der Waals surface area contributed by atoms with E-state index in [4.69, 9.17) is 4.74 Å². The van der Waals surface area contributed by atoms with Crippen LogP contribution in [0.2, 0.25) is 0 Å². The Balaban J connectivity index is 1.15. The van der Waals surface area contributed by atoms with E-state index in [1.54, 1.807) is 24.3 Å². The number of hydrogen-bond donors (Lipinski definition) is 3. The summed E-state index contributed by atoms with van der Waals surface area (Å²) in [5, 5.41) is 5.30. The summed E-state index contributed by atoms with van der Waals surface area (Å²) in [6.45, 7) is -0.00312. The van der Waals surface area contributed by atoms with Crippen molar-refractivity contribution in [2.45, 2.75) is 17.5 Å². The van der Waals surface area contributed by atoms with Crippen LogP contribution in [0.3, 0.4) is 0 Å². The third-order valence-corrected chi connectivity index (χ3v) is 7.57. The van der Waals surface area contributed by atoms with E-state index >= 15 is 0 Å². The molecule has 4 aromatic rings. The van der Waals surface area contributed by atoms with Crippen molar-refractivity contribution in [1.82, 2.24) is 4.72 Å². The Kier molecular flexibility index (Phi) is 8.04. The maximum absolute atomic E-state index is 13.4. The average molecular weight is 581 g/mol. The normalized spacial score (nSPS) is 14.7. The number of sulfonamides is 1. The van der Waals surface area contributed by atoms with E-state index in [1.807, 2.05) is 30.3 Å². The first-order valence-electron chi connectivity index (χ1n) is 12.3. The number of benzene rings is 4. The molecule has 8 nitrogen and oxygen atoms in total. The summed E-state index contributed by atoms with van der Waals surface area (Å²) in [7, 11) is -4.06. The molecule has 0 saturated carbocycles. The number of carbonyl (C=O) groups is 1. The molecular formula is C29H23F3N4O4S. The second kappa shape index (κ2) is 11.8. The van der Waals surface area contributed by atoms with Crippen LogP contribution in [-0.2, 0) is 21.3 Å². The lowest BCUT2D eigenvalue weighted by atomic mass is 10.1. The van der Waals surface area contributed by atoms with E-state index in [1.165, 1.54) is 24.3 Å². The lowest BCUT2D eigenvalue weighted by Crippen LogP contribution is -2.23. The number of anilines is 2. The maximum atomic E-state index is 13.4. The van der Waals surface area contributed by atoms with Gasteiger partial charge < -0.3 is 15.4 Å². The number of nitrogens with one attached hydrogen (secondary N) is 3. The minimum absolute atomic E-state index is 0.0733. The summed E-state index contributed by atoms with van der Waals surface area (Å²) in [4.78, 5) is 16.9. The average Bonchev–Trinajstić information content (AvgIpc) is 3.46. The zero-order valence-corrected chi connectivity index (χ0v) is 22.1. The van der Waals surface area contributed by atoms with Crippen LogP contribution in [0, 0.1) is 17.5 Å². The number of halogens is 3. The first kappa shape index (κ1) is 27.9. The highest BCUT2D eigenvalue weighted by Crippen LogP contribution is 2.25. The predicted molar refractivity (Wildman–Crippen MR) is 148 cm³/mol. The molecule has 1 aliphatic heterocycles. The smallest absolute Gasteiger partial charge is 0.323 e. The van der Waals surface area contributed by atoms with Gasteiger partial charge in [0.1, 0.15) is 12.6 Å². The van der Waals surface area contributed by atoms with E-state index in [0.29, 0.717) is 36.0 Å². The Hall–Kier alpha value is -4.68. The molecule has 0 spiro atoms. The monoisotopic (exact) mass is 580 g/mol. The Morgan fingerprint density at radius 2 is 1.44 bits per heavy atom. The second-order valence-corrected chi connectivity index (χ2v) is 10.8. The van der Waals surface area contributed by atoms with E-state index in [2.05, 4.69) is 20.3 Å². The molecule has 0 bridgehead atoms. The third-order valence-electron chi connectivity index (χ3n) is 6.16. The van der Waals surface area contributed by atoms with Crippen LogP contribution in [-0.4, -0.2) is 27.0 Å². The molecule has 1 atom stereocenters. The van der Waals surface area contributed by atoms with Crippen LogP contribution in [0.25, 0.3) is 0 Å². The highest BCUT2D eigenvalue weighted by Gasteiger charge is 2.21. The molecule has 1 heterocycles. The number of urea groups is 1. The molecule has 12 heteroatoms. The Morgan fingerprint density at radius 3 is 2.05 bits per heavy atom. The van der Waals surface area contributed by atoms with Crippen LogP contribution in [0.5, 0.6) is 0 Å². The van der Waals surface area contributed by atoms with Crippen molar-refractivity contribution in [2.24, 2.45) is 4.99 Å². The van der Waals surface area contributed by atoms with Gasteiger partial charge in [0.2, 0.25) is 15.9 Å². The summed E-state index contributed by atoms with van der Waals surface area (Å²) in [6, 6.07) is 22.9. The molecule has 0 fully saturated rings. The topological polar surface area (TPSA) is 109 Å². The lowest BCUT2D eigenvalue weighted by molar-refractivity contribution is 0.262. The van der Waals surface area contributed by atoms with Crippen molar-refractivity contribution in [3.05, 3.63) is 125 Å². The molecule has 210 valence electrons. The van der Waals surface area contributed by atoms with Gasteiger partial charge in [0, 0.05) is 23.5 Å². The quantitative estimate of drug-likeness (QED) is 0.231. The summed E-state index contributed by atoms with van der Waals surface area (Å²) in [5.41, 5.74) is 2.59. The van der Waals surface area contributed by atoms with Crippen LogP contribution >= 0.6 is 0 Å². The molecule has 0 unspecified atom stereocenters. The molecule has 1 aliphatic rings. The molecule has 0 radical (unpaired) electrons. The van der Waals surface area contributed by atoms with Crippen LogP contribution < -0.4 is 15.4 Å². The molecule has 4 aromatic carbocycles. The van der Waals surface area contributed by atoms with Crippen molar-refractivity contribution >= 4 is 33.3 Å². The number of amides is 2. The number of hydrogen-bond acceptors (Lipinski definition) is 5. The summed E-state index contributed by atoms with van der Waals surface area (Å²) in [6.07, 6.45) is 0. The predicted octanol–water partition coefficient (Wildman–Crippen LogP) is 5.74. The van der Waals surface area contributed by atoms with E-state index in [0.717, 1.165) is 11.1 Å². The Labute approximate surface area is 233 Å². The van der Waals surface area contributed by atoms with Crippen molar-refractivity contribution in [2.75, 3.05) is 17.2 Å². The highest BCUT2D eigenvalue weighted by atomic mass is 32.2. The van der Waals surface area contributed by atoms with Gasteiger partial charge in [-0.3, -0.25) is 0 Å². The van der Waals surface area contributed by atoms with Crippen molar-refractivity contribution < 1.29 is 31.1 Å². The second-order valence-electron chi connectivity index (χ2n) is 9.05. The Bertz CT molecular complexity index is 1680. The van der Waals surface area contributed by atoms with Gasteiger partial charge >= 0.3 is 6.03 Å². The fourth-order valence-electron chi connectivity index (χ4n) is 4.06.